The molecule has 1 aromatic carbocycles. The fourth-order valence-corrected chi connectivity index (χ4v) is 4.63. The van der Waals surface area contributed by atoms with Crippen molar-refractivity contribution in [2.75, 3.05) is 25.9 Å². The van der Waals surface area contributed by atoms with Gasteiger partial charge >= 0.3 is 0 Å². The molecule has 2 rings (SSSR count). The second kappa shape index (κ2) is 10.7. The highest BCUT2D eigenvalue weighted by Crippen LogP contribution is 2.36. The van der Waals surface area contributed by atoms with Gasteiger partial charge in [-0.2, -0.15) is 11.8 Å². The van der Waals surface area contributed by atoms with E-state index in [1.54, 1.807) is 24.3 Å². The fraction of sp³-hybridized carbons (Fsp3) is 0.588. The molecule has 1 unspecified atom stereocenters. The minimum Gasteiger partial charge on any atom is -0.357 e. The van der Waals surface area contributed by atoms with Gasteiger partial charge in [0.1, 0.15) is 0 Å². The maximum Gasteiger partial charge on any atom is 0.240 e. The van der Waals surface area contributed by atoms with E-state index in [-0.39, 0.29) is 33.6 Å². The van der Waals surface area contributed by atoms with Gasteiger partial charge in [-0.3, -0.25) is 0 Å². The van der Waals surface area contributed by atoms with Crippen LogP contribution < -0.4 is 15.4 Å². The first-order chi connectivity index (χ1) is 11.9. The number of nitrogens with one attached hydrogen (secondary N) is 3. The summed E-state index contributed by atoms with van der Waals surface area (Å²) in [6.45, 7) is 6.53. The molecule has 0 bridgehead atoms. The Morgan fingerprint density at radius 2 is 1.96 bits per heavy atom. The number of hydrogen-bond donors (Lipinski definition) is 3. The lowest BCUT2D eigenvalue weighted by atomic mass is 10.1. The maximum absolute atomic E-state index is 11.7. The third-order valence-corrected chi connectivity index (χ3v) is 7.17. The van der Waals surface area contributed by atoms with Gasteiger partial charge in [-0.05, 0) is 57.2 Å². The van der Waals surface area contributed by atoms with Gasteiger partial charge in [0.2, 0.25) is 10.0 Å². The van der Waals surface area contributed by atoms with Gasteiger partial charge in [0.25, 0.3) is 0 Å². The van der Waals surface area contributed by atoms with Crippen LogP contribution in [0.3, 0.4) is 0 Å². The molecule has 1 aliphatic heterocycles. The molecular formula is C17H29IN4O2S2. The summed E-state index contributed by atoms with van der Waals surface area (Å²) in [6.07, 6.45) is 2.50. The first-order valence-corrected chi connectivity index (χ1v) is 11.0. The SMILES string of the molecule is CCNC(=NCc1ccc(S(=O)(=O)NC)cc1)NCC1(C)CCCS1.I. The normalized spacial score (nSPS) is 20.5. The van der Waals surface area contributed by atoms with Crippen LogP contribution in [0.25, 0.3) is 0 Å². The summed E-state index contributed by atoms with van der Waals surface area (Å²) in [4.78, 5) is 4.87. The first kappa shape index (κ1) is 23.5. The zero-order valence-corrected chi connectivity index (χ0v) is 19.5. The Morgan fingerprint density at radius 1 is 1.27 bits per heavy atom. The molecule has 26 heavy (non-hydrogen) atoms. The van der Waals surface area contributed by atoms with Gasteiger partial charge in [0.05, 0.1) is 11.4 Å². The van der Waals surface area contributed by atoms with Gasteiger partial charge in [-0.1, -0.05) is 12.1 Å². The number of benzene rings is 1. The van der Waals surface area contributed by atoms with Gasteiger partial charge in [-0.15, -0.1) is 24.0 Å². The molecule has 0 spiro atoms. The van der Waals surface area contributed by atoms with Crippen LogP contribution >= 0.6 is 35.7 Å². The van der Waals surface area contributed by atoms with Crippen LogP contribution in [0.1, 0.15) is 32.3 Å². The fourth-order valence-electron chi connectivity index (χ4n) is 2.65. The lowest BCUT2D eigenvalue weighted by Crippen LogP contribution is -2.43. The lowest BCUT2D eigenvalue weighted by Gasteiger charge is -2.24. The van der Waals surface area contributed by atoms with Crippen molar-refractivity contribution in [2.45, 2.75) is 42.9 Å². The van der Waals surface area contributed by atoms with E-state index in [4.69, 9.17) is 0 Å². The highest BCUT2D eigenvalue weighted by Gasteiger charge is 2.29. The number of rotatable bonds is 7. The lowest BCUT2D eigenvalue weighted by molar-refractivity contribution is 0.584. The Morgan fingerprint density at radius 3 is 2.50 bits per heavy atom. The predicted octanol–water partition coefficient (Wildman–Crippen LogP) is 2.55. The van der Waals surface area contributed by atoms with E-state index in [1.165, 1.54) is 25.6 Å². The van der Waals surface area contributed by atoms with Crippen LogP contribution in [0.4, 0.5) is 0 Å². The third kappa shape index (κ3) is 6.90. The molecule has 1 heterocycles. The minimum atomic E-state index is -3.39. The van der Waals surface area contributed by atoms with Crippen LogP contribution in [-0.2, 0) is 16.6 Å². The van der Waals surface area contributed by atoms with Crippen LogP contribution in [-0.4, -0.2) is 45.0 Å². The van der Waals surface area contributed by atoms with Crippen molar-refractivity contribution in [1.29, 1.82) is 0 Å². The Kier molecular flexibility index (Phi) is 9.70. The zero-order valence-electron chi connectivity index (χ0n) is 15.5. The van der Waals surface area contributed by atoms with E-state index in [9.17, 15) is 8.42 Å². The monoisotopic (exact) mass is 512 g/mol. The quantitative estimate of drug-likeness (QED) is 0.297. The van der Waals surface area contributed by atoms with E-state index >= 15 is 0 Å². The van der Waals surface area contributed by atoms with E-state index in [0.717, 1.165) is 24.6 Å². The van der Waals surface area contributed by atoms with Gasteiger partial charge in [0, 0.05) is 17.8 Å². The molecule has 0 radical (unpaired) electrons. The summed E-state index contributed by atoms with van der Waals surface area (Å²) in [5.74, 6) is 2.02. The Balaban J connectivity index is 0.00000338. The molecule has 0 aliphatic carbocycles. The molecule has 1 fully saturated rings. The van der Waals surface area contributed by atoms with E-state index in [1.807, 2.05) is 18.7 Å². The topological polar surface area (TPSA) is 82.6 Å². The van der Waals surface area contributed by atoms with E-state index < -0.39 is 10.0 Å². The summed E-state index contributed by atoms with van der Waals surface area (Å²) in [5.41, 5.74) is 0.966. The van der Waals surface area contributed by atoms with Crippen molar-refractivity contribution >= 4 is 51.7 Å². The van der Waals surface area contributed by atoms with Crippen LogP contribution in [0.15, 0.2) is 34.2 Å². The van der Waals surface area contributed by atoms with E-state index in [2.05, 4.69) is 27.3 Å². The van der Waals surface area contributed by atoms with Crippen molar-refractivity contribution in [1.82, 2.24) is 15.4 Å². The third-order valence-electron chi connectivity index (χ3n) is 4.20. The second-order valence-corrected chi connectivity index (χ2v) is 9.87. The Hall–Kier alpha value is -0.520. The van der Waals surface area contributed by atoms with E-state index in [0.29, 0.717) is 6.54 Å². The first-order valence-electron chi connectivity index (χ1n) is 8.57. The summed E-state index contributed by atoms with van der Waals surface area (Å²) >= 11 is 2.02. The number of guanidine groups is 1. The van der Waals surface area contributed by atoms with Gasteiger partial charge in [0.15, 0.2) is 5.96 Å². The van der Waals surface area contributed by atoms with Crippen LogP contribution in [0.2, 0.25) is 0 Å². The Bertz CT molecular complexity index is 687. The number of thioether (sulfide) groups is 1. The second-order valence-electron chi connectivity index (χ2n) is 6.30. The molecule has 0 amide bonds. The molecular weight excluding hydrogens is 483 g/mol. The standard InChI is InChI=1S/C17H28N4O2S2.HI/c1-4-19-16(21-13-17(2)10-5-11-24-17)20-12-14-6-8-15(9-7-14)25(22,23)18-3;/h6-9,18H,4-5,10-13H2,1-3H3,(H2,19,20,21);1H. The molecule has 1 saturated heterocycles. The number of nitrogens with zero attached hydrogens (tertiary/aromatic N) is 1. The average Bonchev–Trinajstić information content (AvgIpc) is 3.05. The summed E-state index contributed by atoms with van der Waals surface area (Å²) in [6, 6.07) is 6.80. The molecule has 148 valence electrons. The molecule has 0 aromatic heterocycles. The highest BCUT2D eigenvalue weighted by atomic mass is 127. The summed E-state index contributed by atoms with van der Waals surface area (Å²) < 4.78 is 26.1. The molecule has 0 saturated carbocycles. The molecule has 3 N–H and O–H groups in total. The highest BCUT2D eigenvalue weighted by molar-refractivity contribution is 14.0. The van der Waals surface area contributed by atoms with Crippen molar-refractivity contribution in [2.24, 2.45) is 4.99 Å². The minimum absolute atomic E-state index is 0. The summed E-state index contributed by atoms with van der Waals surface area (Å²) in [7, 11) is -1.98. The number of aliphatic imine (C=N–C) groups is 1. The number of hydrogen-bond acceptors (Lipinski definition) is 4. The molecule has 1 aliphatic rings. The van der Waals surface area contributed by atoms with Crippen molar-refractivity contribution in [3.8, 4) is 0 Å². The molecule has 1 atom stereocenters. The largest absolute Gasteiger partial charge is 0.357 e. The van der Waals surface area contributed by atoms with Crippen molar-refractivity contribution in [3.05, 3.63) is 29.8 Å². The average molecular weight is 512 g/mol. The van der Waals surface area contributed by atoms with Crippen molar-refractivity contribution < 1.29 is 8.42 Å². The molecule has 1 aromatic rings. The molecule has 6 nitrogen and oxygen atoms in total. The predicted molar refractivity (Wildman–Crippen MR) is 121 cm³/mol. The zero-order chi connectivity index (χ0) is 18.3. The van der Waals surface area contributed by atoms with Crippen molar-refractivity contribution in [3.63, 3.8) is 0 Å². The summed E-state index contributed by atoms with van der Waals surface area (Å²) in [5, 5.41) is 6.69. The van der Waals surface area contributed by atoms with Gasteiger partial charge < -0.3 is 10.6 Å². The number of halogens is 1. The Labute approximate surface area is 178 Å². The molecule has 9 heteroatoms. The van der Waals surface area contributed by atoms with Crippen LogP contribution in [0, 0.1) is 0 Å². The number of sulfonamides is 1. The smallest absolute Gasteiger partial charge is 0.240 e. The van der Waals surface area contributed by atoms with Gasteiger partial charge in [-0.25, -0.2) is 18.1 Å². The van der Waals surface area contributed by atoms with Crippen LogP contribution in [0.5, 0.6) is 0 Å². The maximum atomic E-state index is 11.7.